The second kappa shape index (κ2) is 7.02. The number of nitrogens with zero attached hydrogens (tertiary/aromatic N) is 2. The molecule has 1 heterocycles. The number of rotatable bonds is 6. The molecule has 0 aliphatic carbocycles. The molecule has 21 heavy (non-hydrogen) atoms. The lowest BCUT2D eigenvalue weighted by atomic mass is 9.85. The molecule has 1 aromatic carbocycles. The zero-order chi connectivity index (χ0) is 15.2. The van der Waals surface area contributed by atoms with Gasteiger partial charge in [0.05, 0.1) is 12.5 Å². The van der Waals surface area contributed by atoms with Gasteiger partial charge in [0.2, 0.25) is 5.89 Å². The lowest BCUT2D eigenvalue weighted by molar-refractivity contribution is 0.0477. The van der Waals surface area contributed by atoms with Crippen LogP contribution in [0.1, 0.15) is 55.2 Å². The average molecular weight is 288 g/mol. The Morgan fingerprint density at radius 3 is 2.57 bits per heavy atom. The molecule has 2 rings (SSSR count). The molecule has 0 bridgehead atoms. The van der Waals surface area contributed by atoms with Crippen molar-refractivity contribution in [2.24, 2.45) is 5.92 Å². The van der Waals surface area contributed by atoms with E-state index in [0.717, 1.165) is 12.0 Å². The van der Waals surface area contributed by atoms with Crippen LogP contribution >= 0.6 is 0 Å². The standard InChI is InChI=1S/C16H20N2O3/c1-4-11(3)13(12-9-7-6-8-10-12)14-17-18-15(21-14)16(19)20-5-2/h6-11,13H,4-5H2,1-3H3. The lowest BCUT2D eigenvalue weighted by Gasteiger charge is -2.19. The van der Waals surface area contributed by atoms with E-state index < -0.39 is 5.97 Å². The van der Waals surface area contributed by atoms with Gasteiger partial charge in [-0.05, 0) is 18.4 Å². The number of hydrogen-bond donors (Lipinski definition) is 0. The van der Waals surface area contributed by atoms with Gasteiger partial charge in [-0.25, -0.2) is 4.79 Å². The highest BCUT2D eigenvalue weighted by Gasteiger charge is 2.27. The van der Waals surface area contributed by atoms with Gasteiger partial charge in [-0.2, -0.15) is 0 Å². The maximum atomic E-state index is 11.6. The summed E-state index contributed by atoms with van der Waals surface area (Å²) in [6.45, 7) is 6.26. The number of benzene rings is 1. The molecule has 0 radical (unpaired) electrons. The maximum Gasteiger partial charge on any atom is 0.396 e. The summed E-state index contributed by atoms with van der Waals surface area (Å²) in [5, 5.41) is 7.85. The summed E-state index contributed by atoms with van der Waals surface area (Å²) in [7, 11) is 0. The van der Waals surface area contributed by atoms with E-state index in [1.165, 1.54) is 0 Å². The lowest BCUT2D eigenvalue weighted by Crippen LogP contribution is -2.11. The van der Waals surface area contributed by atoms with E-state index in [4.69, 9.17) is 9.15 Å². The van der Waals surface area contributed by atoms with E-state index in [9.17, 15) is 4.79 Å². The van der Waals surface area contributed by atoms with Crippen LogP contribution in [0.4, 0.5) is 0 Å². The molecule has 0 N–H and O–H groups in total. The van der Waals surface area contributed by atoms with E-state index >= 15 is 0 Å². The number of esters is 1. The Balaban J connectivity index is 2.32. The van der Waals surface area contributed by atoms with Crippen LogP contribution < -0.4 is 0 Å². The van der Waals surface area contributed by atoms with Crippen molar-refractivity contribution in [3.8, 4) is 0 Å². The molecule has 2 atom stereocenters. The van der Waals surface area contributed by atoms with Crippen LogP contribution in [0.5, 0.6) is 0 Å². The Kier molecular flexibility index (Phi) is 5.09. The highest BCUT2D eigenvalue weighted by molar-refractivity contribution is 5.83. The number of aromatic nitrogens is 2. The van der Waals surface area contributed by atoms with E-state index in [0.29, 0.717) is 11.8 Å². The molecule has 1 aromatic heterocycles. The van der Waals surface area contributed by atoms with Crippen molar-refractivity contribution in [1.29, 1.82) is 0 Å². The van der Waals surface area contributed by atoms with Crippen molar-refractivity contribution in [2.75, 3.05) is 6.61 Å². The molecule has 2 unspecified atom stereocenters. The first-order chi connectivity index (χ1) is 10.2. The third-order valence-corrected chi connectivity index (χ3v) is 3.53. The van der Waals surface area contributed by atoms with Crippen molar-refractivity contribution < 1.29 is 13.9 Å². The van der Waals surface area contributed by atoms with Gasteiger partial charge in [0, 0.05) is 0 Å². The van der Waals surface area contributed by atoms with E-state index in [-0.39, 0.29) is 18.4 Å². The molecule has 112 valence electrons. The van der Waals surface area contributed by atoms with Gasteiger partial charge in [-0.1, -0.05) is 50.6 Å². The topological polar surface area (TPSA) is 65.2 Å². The van der Waals surface area contributed by atoms with Crippen LogP contribution in [0.3, 0.4) is 0 Å². The van der Waals surface area contributed by atoms with Gasteiger partial charge >= 0.3 is 11.9 Å². The fourth-order valence-electron chi connectivity index (χ4n) is 2.25. The quantitative estimate of drug-likeness (QED) is 0.762. The van der Waals surface area contributed by atoms with Gasteiger partial charge < -0.3 is 9.15 Å². The van der Waals surface area contributed by atoms with E-state index in [2.05, 4.69) is 24.0 Å². The van der Waals surface area contributed by atoms with Crippen LogP contribution in [0, 0.1) is 5.92 Å². The minimum absolute atomic E-state index is 0.0214. The predicted octanol–water partition coefficient (Wildman–Crippen LogP) is 3.42. The highest BCUT2D eigenvalue weighted by Crippen LogP contribution is 2.32. The molecule has 5 heteroatoms. The van der Waals surface area contributed by atoms with Gasteiger partial charge in [-0.15, -0.1) is 10.2 Å². The first kappa shape index (κ1) is 15.2. The third-order valence-electron chi connectivity index (χ3n) is 3.53. The molecule has 0 amide bonds. The Morgan fingerprint density at radius 1 is 1.24 bits per heavy atom. The van der Waals surface area contributed by atoms with Crippen molar-refractivity contribution in [2.45, 2.75) is 33.1 Å². The number of ether oxygens (including phenoxy) is 1. The first-order valence-corrected chi connectivity index (χ1v) is 7.22. The summed E-state index contributed by atoms with van der Waals surface area (Å²) in [5.74, 6) is 0.0941. The Morgan fingerprint density at radius 2 is 1.95 bits per heavy atom. The van der Waals surface area contributed by atoms with Gasteiger partial charge in [0.15, 0.2) is 0 Å². The maximum absolute atomic E-state index is 11.6. The van der Waals surface area contributed by atoms with Crippen LogP contribution in [-0.4, -0.2) is 22.8 Å². The van der Waals surface area contributed by atoms with Crippen LogP contribution in [0.25, 0.3) is 0 Å². The summed E-state index contributed by atoms with van der Waals surface area (Å²) in [5.41, 5.74) is 1.10. The zero-order valence-electron chi connectivity index (χ0n) is 12.6. The highest BCUT2D eigenvalue weighted by atomic mass is 16.5. The molecule has 0 saturated heterocycles. The fourth-order valence-corrected chi connectivity index (χ4v) is 2.25. The van der Waals surface area contributed by atoms with Crippen LogP contribution in [-0.2, 0) is 4.74 Å². The molecule has 5 nitrogen and oxygen atoms in total. The molecular formula is C16H20N2O3. The van der Waals surface area contributed by atoms with Crippen molar-refractivity contribution in [3.05, 3.63) is 47.7 Å². The summed E-state index contributed by atoms with van der Waals surface area (Å²) in [6.07, 6.45) is 0.969. The van der Waals surface area contributed by atoms with Crippen molar-refractivity contribution in [3.63, 3.8) is 0 Å². The Hall–Kier alpha value is -2.17. The Labute approximate surface area is 124 Å². The molecule has 0 aliphatic rings. The molecular weight excluding hydrogens is 268 g/mol. The number of carbonyl (C=O) groups excluding carboxylic acids is 1. The second-order valence-electron chi connectivity index (χ2n) is 4.94. The van der Waals surface area contributed by atoms with Crippen molar-refractivity contribution in [1.82, 2.24) is 10.2 Å². The van der Waals surface area contributed by atoms with Gasteiger partial charge in [0.25, 0.3) is 0 Å². The molecule has 0 aliphatic heterocycles. The summed E-state index contributed by atoms with van der Waals surface area (Å²) in [6, 6.07) is 9.99. The summed E-state index contributed by atoms with van der Waals surface area (Å²) < 4.78 is 10.4. The zero-order valence-corrected chi connectivity index (χ0v) is 12.6. The summed E-state index contributed by atoms with van der Waals surface area (Å²) in [4.78, 5) is 11.6. The van der Waals surface area contributed by atoms with E-state index in [1.54, 1.807) is 6.92 Å². The molecule has 2 aromatic rings. The third kappa shape index (κ3) is 3.48. The van der Waals surface area contributed by atoms with E-state index in [1.807, 2.05) is 30.3 Å². The minimum Gasteiger partial charge on any atom is -0.459 e. The molecule has 0 fully saturated rings. The normalized spacial score (nSPS) is 13.7. The van der Waals surface area contributed by atoms with Crippen molar-refractivity contribution >= 4 is 5.97 Å². The monoisotopic (exact) mass is 288 g/mol. The van der Waals surface area contributed by atoms with Gasteiger partial charge in [-0.3, -0.25) is 0 Å². The second-order valence-corrected chi connectivity index (χ2v) is 4.94. The first-order valence-electron chi connectivity index (χ1n) is 7.22. The minimum atomic E-state index is -0.577. The molecule has 0 spiro atoms. The predicted molar refractivity (Wildman–Crippen MR) is 78.0 cm³/mol. The smallest absolute Gasteiger partial charge is 0.396 e. The van der Waals surface area contributed by atoms with Gasteiger partial charge in [0.1, 0.15) is 0 Å². The van der Waals surface area contributed by atoms with Crippen LogP contribution in [0.15, 0.2) is 34.7 Å². The number of hydrogen-bond acceptors (Lipinski definition) is 5. The largest absolute Gasteiger partial charge is 0.459 e. The number of carbonyl (C=O) groups is 1. The fraction of sp³-hybridized carbons (Fsp3) is 0.438. The Bertz CT molecular complexity index is 580. The SMILES string of the molecule is CCOC(=O)c1nnc(C(c2ccccc2)C(C)CC)o1. The summed E-state index contributed by atoms with van der Waals surface area (Å²) >= 11 is 0. The average Bonchev–Trinajstić information content (AvgIpc) is 2.98. The van der Waals surface area contributed by atoms with Crippen LogP contribution in [0.2, 0.25) is 0 Å². The molecule has 0 saturated carbocycles.